The van der Waals surface area contributed by atoms with Crippen molar-refractivity contribution in [1.29, 1.82) is 0 Å². The Labute approximate surface area is 166 Å². The normalized spacial score (nSPS) is 11.3. The third-order valence-electron chi connectivity index (χ3n) is 3.38. The maximum atomic E-state index is 11.0. The molecule has 27 heavy (non-hydrogen) atoms. The van der Waals surface area contributed by atoms with Crippen LogP contribution in [0.2, 0.25) is 0 Å². The fraction of sp³-hybridized carbons (Fsp3) is 0.727. The van der Waals surface area contributed by atoms with E-state index < -0.39 is 0 Å². The van der Waals surface area contributed by atoms with Crippen LogP contribution in [0.3, 0.4) is 0 Å². The zero-order valence-corrected chi connectivity index (χ0v) is 18.2. The fourth-order valence-corrected chi connectivity index (χ4v) is 1.73. The first-order valence-electron chi connectivity index (χ1n) is 10.1. The van der Waals surface area contributed by atoms with Crippen LogP contribution in [0.1, 0.15) is 73.1 Å². The minimum Gasteiger partial charge on any atom is -0.463 e. The molecule has 0 aliphatic carbocycles. The lowest BCUT2D eigenvalue weighted by molar-refractivity contribution is -0.139. The Bertz CT molecular complexity index is 425. The van der Waals surface area contributed by atoms with Crippen molar-refractivity contribution < 1.29 is 19.1 Å². The van der Waals surface area contributed by atoms with Gasteiger partial charge in [0, 0.05) is 24.2 Å². The van der Waals surface area contributed by atoms with Gasteiger partial charge in [0.2, 0.25) is 0 Å². The molecule has 0 saturated carbocycles. The Morgan fingerprint density at radius 3 is 1.70 bits per heavy atom. The molecule has 0 amide bonds. The number of nitrogens with one attached hydrogen (secondary N) is 1. The van der Waals surface area contributed by atoms with Crippen molar-refractivity contribution in [3.05, 3.63) is 24.3 Å². The number of unbranched alkanes of at least 4 members (excludes halogenated alkanes) is 4. The third-order valence-corrected chi connectivity index (χ3v) is 3.38. The number of rotatable bonds is 11. The molecule has 5 heteroatoms. The van der Waals surface area contributed by atoms with Crippen molar-refractivity contribution >= 4 is 11.9 Å². The van der Waals surface area contributed by atoms with E-state index in [0.29, 0.717) is 24.4 Å². The lowest BCUT2D eigenvalue weighted by atomic mass is 10.0. The number of hydrogen-bond acceptors (Lipinski definition) is 5. The number of carbonyl (C=O) groups excluding carboxylic acids is 2. The first kappa shape index (κ1) is 27.6. The number of ether oxygens (including phenoxy) is 2. The second kappa shape index (κ2) is 19.2. The van der Waals surface area contributed by atoms with Gasteiger partial charge in [-0.05, 0) is 33.1 Å². The smallest absolute Gasteiger partial charge is 0.333 e. The van der Waals surface area contributed by atoms with Crippen molar-refractivity contribution in [3.63, 3.8) is 0 Å². The second-order valence-corrected chi connectivity index (χ2v) is 7.12. The lowest BCUT2D eigenvalue weighted by Crippen LogP contribution is -2.05. The zero-order chi connectivity index (χ0) is 21.1. The summed E-state index contributed by atoms with van der Waals surface area (Å²) < 4.78 is 9.57. The maximum Gasteiger partial charge on any atom is 0.333 e. The first-order chi connectivity index (χ1) is 12.7. The average Bonchev–Trinajstić information content (AvgIpc) is 3.46. The van der Waals surface area contributed by atoms with Crippen molar-refractivity contribution in [3.8, 4) is 0 Å². The van der Waals surface area contributed by atoms with Gasteiger partial charge in [-0.15, -0.1) is 0 Å². The van der Waals surface area contributed by atoms with Gasteiger partial charge in [0.1, 0.15) is 0 Å². The van der Waals surface area contributed by atoms with Gasteiger partial charge in [0.15, 0.2) is 0 Å². The molecule has 5 nitrogen and oxygen atoms in total. The number of esters is 2. The van der Waals surface area contributed by atoms with E-state index in [4.69, 9.17) is 4.74 Å². The van der Waals surface area contributed by atoms with Gasteiger partial charge in [-0.2, -0.15) is 0 Å². The van der Waals surface area contributed by atoms with Crippen LogP contribution in [0, 0.1) is 5.92 Å². The highest BCUT2D eigenvalue weighted by Crippen LogP contribution is 2.10. The summed E-state index contributed by atoms with van der Waals surface area (Å²) in [4.78, 5) is 21.5. The second-order valence-electron chi connectivity index (χ2n) is 7.12. The maximum absolute atomic E-state index is 11.0. The van der Waals surface area contributed by atoms with Gasteiger partial charge < -0.3 is 14.8 Å². The van der Waals surface area contributed by atoms with Crippen LogP contribution in [-0.2, 0) is 19.1 Å². The molecule has 1 saturated heterocycles. The molecule has 1 aliphatic heterocycles. The van der Waals surface area contributed by atoms with Gasteiger partial charge >= 0.3 is 11.9 Å². The Kier molecular flexibility index (Phi) is 19.6. The van der Waals surface area contributed by atoms with E-state index in [1.807, 2.05) is 0 Å². The molecule has 0 aromatic carbocycles. The van der Waals surface area contributed by atoms with Crippen LogP contribution in [0.4, 0.5) is 0 Å². The molecule has 1 fully saturated rings. The third kappa shape index (κ3) is 26.7. The molecule has 0 unspecified atom stereocenters. The monoisotopic (exact) mass is 383 g/mol. The molecule has 158 valence electrons. The summed E-state index contributed by atoms with van der Waals surface area (Å²) in [5.74, 6) is 0.240. The van der Waals surface area contributed by atoms with Gasteiger partial charge in [-0.1, -0.05) is 59.1 Å². The molecule has 0 radical (unpaired) electrons. The standard InChI is InChI=1S/C14H26O2.C6H10O2.C2H5N/c1-12(2)10-8-6-5-7-9-11-16-14(15)13(3)4;1-4-8-6(7)5(2)3;1-2-3-1/h12H,3,5-11H2,1-2,4H3;2,4H2,1,3H3;3H,1-2H2. The van der Waals surface area contributed by atoms with Gasteiger partial charge in [-0.3, -0.25) is 0 Å². The summed E-state index contributed by atoms with van der Waals surface area (Å²) in [5.41, 5.74) is 0.934. The van der Waals surface area contributed by atoms with Gasteiger partial charge in [-0.25, -0.2) is 9.59 Å². The van der Waals surface area contributed by atoms with Gasteiger partial charge in [0.25, 0.3) is 0 Å². The minimum absolute atomic E-state index is 0.264. The Balaban J connectivity index is 0. The van der Waals surface area contributed by atoms with Crippen molar-refractivity contribution in [2.75, 3.05) is 26.3 Å². The number of carbonyl (C=O) groups is 2. The summed E-state index contributed by atoms with van der Waals surface area (Å²) >= 11 is 0. The summed E-state index contributed by atoms with van der Waals surface area (Å²) in [7, 11) is 0. The average molecular weight is 384 g/mol. The van der Waals surface area contributed by atoms with Crippen molar-refractivity contribution in [2.24, 2.45) is 5.92 Å². The van der Waals surface area contributed by atoms with E-state index in [1.165, 1.54) is 38.8 Å². The summed E-state index contributed by atoms with van der Waals surface area (Å²) in [5, 5.41) is 3.00. The topological polar surface area (TPSA) is 74.5 Å². The highest BCUT2D eigenvalue weighted by atomic mass is 16.5. The lowest BCUT2D eigenvalue weighted by Gasteiger charge is -2.05. The number of hydrogen-bond donors (Lipinski definition) is 1. The SMILES string of the molecule is C1CN1.C=C(C)C(=O)OCC.C=C(C)C(=O)OCCCCCCCC(C)C. The molecule has 1 aliphatic rings. The molecular formula is C22H41NO4. The van der Waals surface area contributed by atoms with Gasteiger partial charge in [0.05, 0.1) is 13.2 Å². The summed E-state index contributed by atoms with van der Waals surface area (Å²) in [6, 6.07) is 0. The Morgan fingerprint density at radius 1 is 0.889 bits per heavy atom. The molecule has 0 bridgehead atoms. The van der Waals surface area contributed by atoms with Crippen LogP contribution < -0.4 is 5.32 Å². The van der Waals surface area contributed by atoms with Crippen LogP contribution in [-0.4, -0.2) is 38.2 Å². The highest BCUT2D eigenvalue weighted by molar-refractivity contribution is 5.87. The van der Waals surface area contributed by atoms with E-state index in [9.17, 15) is 9.59 Å². The first-order valence-corrected chi connectivity index (χ1v) is 10.1. The van der Waals surface area contributed by atoms with E-state index >= 15 is 0 Å². The van der Waals surface area contributed by atoms with Crippen LogP contribution >= 0.6 is 0 Å². The van der Waals surface area contributed by atoms with E-state index in [0.717, 1.165) is 18.8 Å². The predicted octanol–water partition coefficient (Wildman–Crippen LogP) is 4.82. The molecule has 0 atom stereocenters. The largest absolute Gasteiger partial charge is 0.463 e. The Hall–Kier alpha value is -1.62. The highest BCUT2D eigenvalue weighted by Gasteiger charge is 2.01. The van der Waals surface area contributed by atoms with Crippen LogP contribution in [0.25, 0.3) is 0 Å². The molecule has 0 spiro atoms. The van der Waals surface area contributed by atoms with Crippen LogP contribution in [0.15, 0.2) is 24.3 Å². The molecule has 1 heterocycles. The molecule has 1 N–H and O–H groups in total. The Morgan fingerprint density at radius 2 is 1.33 bits per heavy atom. The van der Waals surface area contributed by atoms with Crippen LogP contribution in [0.5, 0.6) is 0 Å². The molecule has 0 aromatic heterocycles. The van der Waals surface area contributed by atoms with Crippen molar-refractivity contribution in [2.45, 2.75) is 73.1 Å². The van der Waals surface area contributed by atoms with E-state index in [-0.39, 0.29) is 11.9 Å². The zero-order valence-electron chi connectivity index (χ0n) is 18.2. The minimum atomic E-state index is -0.312. The summed E-state index contributed by atoms with van der Waals surface area (Å²) in [6.45, 7) is 20.0. The van der Waals surface area contributed by atoms with Crippen molar-refractivity contribution in [1.82, 2.24) is 5.32 Å². The van der Waals surface area contributed by atoms with E-state index in [2.05, 4.69) is 37.1 Å². The quantitative estimate of drug-likeness (QED) is 0.240. The molecule has 1 rings (SSSR count). The summed E-state index contributed by atoms with van der Waals surface area (Å²) in [6.07, 6.45) is 7.32. The van der Waals surface area contributed by atoms with E-state index in [1.54, 1.807) is 20.8 Å². The predicted molar refractivity (Wildman–Crippen MR) is 113 cm³/mol. The molecular weight excluding hydrogens is 342 g/mol. The fourth-order valence-electron chi connectivity index (χ4n) is 1.73. The molecule has 0 aromatic rings.